The molecule has 0 aromatic heterocycles. The fourth-order valence-electron chi connectivity index (χ4n) is 3.10. The van der Waals surface area contributed by atoms with E-state index in [9.17, 15) is 13.2 Å². The number of rotatable bonds is 10. The number of anilines is 1. The summed E-state index contributed by atoms with van der Waals surface area (Å²) in [4.78, 5) is 12.9. The molecule has 164 valence electrons. The summed E-state index contributed by atoms with van der Waals surface area (Å²) in [6.07, 6.45) is 1.47. The minimum absolute atomic E-state index is 0.0483. The van der Waals surface area contributed by atoms with Gasteiger partial charge in [-0.15, -0.1) is 0 Å². The van der Waals surface area contributed by atoms with Crippen LogP contribution in [0.5, 0.6) is 11.5 Å². The van der Waals surface area contributed by atoms with Gasteiger partial charge in [-0.3, -0.25) is 9.10 Å². The molecular formula is C22H30N2O5S. The minimum Gasteiger partial charge on any atom is -0.497 e. The fourth-order valence-corrected chi connectivity index (χ4v) is 4.31. The monoisotopic (exact) mass is 434 g/mol. The van der Waals surface area contributed by atoms with Crippen molar-refractivity contribution in [1.82, 2.24) is 5.32 Å². The topological polar surface area (TPSA) is 84.9 Å². The normalized spacial score (nSPS) is 12.3. The minimum atomic E-state index is -3.69. The molecule has 0 aliphatic heterocycles. The second-order valence-electron chi connectivity index (χ2n) is 7.21. The predicted octanol–water partition coefficient (Wildman–Crippen LogP) is 3.34. The predicted molar refractivity (Wildman–Crippen MR) is 118 cm³/mol. The first kappa shape index (κ1) is 23.5. The number of carbonyl (C=O) groups is 1. The van der Waals surface area contributed by atoms with Crippen molar-refractivity contribution in [3.05, 3.63) is 54.1 Å². The summed E-state index contributed by atoms with van der Waals surface area (Å²) in [7, 11) is -2.15. The number of sulfonamides is 1. The molecule has 0 spiro atoms. The maximum atomic E-state index is 12.9. The zero-order chi connectivity index (χ0) is 22.3. The lowest BCUT2D eigenvalue weighted by atomic mass is 10.1. The van der Waals surface area contributed by atoms with Crippen molar-refractivity contribution in [2.24, 2.45) is 0 Å². The first-order valence-electron chi connectivity index (χ1n) is 9.82. The molecule has 2 aromatic carbocycles. The number of methoxy groups -OCH3 is 1. The van der Waals surface area contributed by atoms with E-state index >= 15 is 0 Å². The lowest BCUT2D eigenvalue weighted by Gasteiger charge is -2.30. The van der Waals surface area contributed by atoms with Crippen LogP contribution in [0, 0.1) is 0 Å². The average molecular weight is 435 g/mol. The third-order valence-electron chi connectivity index (χ3n) is 4.39. The van der Waals surface area contributed by atoms with Gasteiger partial charge in [0.15, 0.2) is 0 Å². The Morgan fingerprint density at radius 2 is 1.77 bits per heavy atom. The number of hydrogen-bond acceptors (Lipinski definition) is 5. The van der Waals surface area contributed by atoms with Crippen molar-refractivity contribution in [2.45, 2.75) is 45.9 Å². The van der Waals surface area contributed by atoms with Crippen LogP contribution < -0.4 is 19.1 Å². The molecule has 0 aliphatic rings. The van der Waals surface area contributed by atoms with Crippen LogP contribution in [0.3, 0.4) is 0 Å². The van der Waals surface area contributed by atoms with Crippen molar-refractivity contribution >= 4 is 21.6 Å². The van der Waals surface area contributed by atoms with Gasteiger partial charge in [0, 0.05) is 6.54 Å². The van der Waals surface area contributed by atoms with Crippen molar-refractivity contribution in [3.8, 4) is 11.5 Å². The molecule has 30 heavy (non-hydrogen) atoms. The molecule has 0 heterocycles. The van der Waals surface area contributed by atoms with E-state index in [-0.39, 0.29) is 18.6 Å². The molecule has 1 atom stereocenters. The van der Waals surface area contributed by atoms with Crippen molar-refractivity contribution in [3.63, 3.8) is 0 Å². The van der Waals surface area contributed by atoms with Gasteiger partial charge in [0.2, 0.25) is 15.9 Å². The Bertz CT molecular complexity index is 942. The Balaban J connectivity index is 2.19. The van der Waals surface area contributed by atoms with Crippen LogP contribution >= 0.6 is 0 Å². The van der Waals surface area contributed by atoms with E-state index in [1.807, 2.05) is 38.1 Å². The lowest BCUT2D eigenvalue weighted by Crippen LogP contribution is -2.49. The first-order chi connectivity index (χ1) is 14.2. The van der Waals surface area contributed by atoms with Crippen LogP contribution in [0.4, 0.5) is 5.69 Å². The maximum absolute atomic E-state index is 12.9. The number of benzene rings is 2. The van der Waals surface area contributed by atoms with E-state index in [0.717, 1.165) is 21.9 Å². The third-order valence-corrected chi connectivity index (χ3v) is 5.57. The van der Waals surface area contributed by atoms with E-state index in [1.165, 1.54) is 7.11 Å². The zero-order valence-electron chi connectivity index (χ0n) is 18.1. The van der Waals surface area contributed by atoms with Crippen LogP contribution in [-0.2, 0) is 21.4 Å². The molecule has 0 saturated carbocycles. The molecule has 0 bridgehead atoms. The van der Waals surface area contributed by atoms with Crippen molar-refractivity contribution < 1.29 is 22.7 Å². The Labute approximate surface area is 179 Å². The van der Waals surface area contributed by atoms with E-state index in [2.05, 4.69) is 5.32 Å². The highest BCUT2D eigenvalue weighted by atomic mass is 32.2. The highest BCUT2D eigenvalue weighted by Gasteiger charge is 2.31. The third kappa shape index (κ3) is 6.38. The van der Waals surface area contributed by atoms with Crippen molar-refractivity contribution in [1.29, 1.82) is 0 Å². The van der Waals surface area contributed by atoms with Crippen LogP contribution in [0.25, 0.3) is 0 Å². The summed E-state index contributed by atoms with van der Waals surface area (Å²) < 4.78 is 37.0. The summed E-state index contributed by atoms with van der Waals surface area (Å²) in [5.41, 5.74) is 1.28. The second kappa shape index (κ2) is 10.3. The van der Waals surface area contributed by atoms with E-state index in [0.29, 0.717) is 17.9 Å². The Morgan fingerprint density at radius 3 is 2.30 bits per heavy atom. The van der Waals surface area contributed by atoms with Gasteiger partial charge in [-0.2, -0.15) is 0 Å². The molecule has 1 N–H and O–H groups in total. The maximum Gasteiger partial charge on any atom is 0.244 e. The molecule has 2 aromatic rings. The summed E-state index contributed by atoms with van der Waals surface area (Å²) >= 11 is 0. The Morgan fingerprint density at radius 1 is 1.10 bits per heavy atom. The number of amides is 1. The number of nitrogens with one attached hydrogen (secondary N) is 1. The Hall–Kier alpha value is -2.74. The molecule has 1 amide bonds. The van der Waals surface area contributed by atoms with Gasteiger partial charge >= 0.3 is 0 Å². The average Bonchev–Trinajstić information content (AvgIpc) is 2.69. The van der Waals surface area contributed by atoms with Gasteiger partial charge in [-0.1, -0.05) is 19.1 Å². The van der Waals surface area contributed by atoms with Gasteiger partial charge in [-0.25, -0.2) is 8.42 Å². The quantitative estimate of drug-likeness (QED) is 0.620. The summed E-state index contributed by atoms with van der Waals surface area (Å²) in [5.74, 6) is 0.960. The summed E-state index contributed by atoms with van der Waals surface area (Å²) in [6.45, 7) is 5.94. The van der Waals surface area contributed by atoms with Crippen LogP contribution in [0.1, 0.15) is 32.8 Å². The molecule has 8 heteroatoms. The molecule has 0 unspecified atom stereocenters. The van der Waals surface area contributed by atoms with E-state index < -0.39 is 16.1 Å². The van der Waals surface area contributed by atoms with Gasteiger partial charge in [-0.05, 0) is 62.2 Å². The van der Waals surface area contributed by atoms with Crippen LogP contribution in [0.15, 0.2) is 48.5 Å². The smallest absolute Gasteiger partial charge is 0.244 e. The standard InChI is InChI=1S/C22H30N2O5S/c1-6-21(24(30(5,26)27)18-10-12-19(28-4)13-11-18)22(25)23-15-17-8-7-9-20(14-17)29-16(2)3/h7-14,16,21H,6,15H2,1-5H3,(H,23,25)/t21-/m1/s1. The molecular weight excluding hydrogens is 404 g/mol. The van der Waals surface area contributed by atoms with Gasteiger partial charge in [0.1, 0.15) is 17.5 Å². The molecule has 7 nitrogen and oxygen atoms in total. The van der Waals surface area contributed by atoms with E-state index in [4.69, 9.17) is 9.47 Å². The van der Waals surface area contributed by atoms with Crippen LogP contribution in [-0.4, -0.2) is 39.8 Å². The number of ether oxygens (including phenoxy) is 2. The Kier molecular flexibility index (Phi) is 8.11. The molecule has 0 radical (unpaired) electrons. The number of carbonyl (C=O) groups excluding carboxylic acids is 1. The lowest BCUT2D eigenvalue weighted by molar-refractivity contribution is -0.122. The SMILES string of the molecule is CC[C@H](C(=O)NCc1cccc(OC(C)C)c1)N(c1ccc(OC)cc1)S(C)(=O)=O. The first-order valence-corrected chi connectivity index (χ1v) is 11.7. The van der Waals surface area contributed by atoms with Crippen LogP contribution in [0.2, 0.25) is 0 Å². The van der Waals surface area contributed by atoms with Gasteiger partial charge in [0.25, 0.3) is 0 Å². The summed E-state index contributed by atoms with van der Waals surface area (Å²) in [5, 5.41) is 2.85. The second-order valence-corrected chi connectivity index (χ2v) is 9.07. The highest BCUT2D eigenvalue weighted by molar-refractivity contribution is 7.92. The van der Waals surface area contributed by atoms with Gasteiger partial charge < -0.3 is 14.8 Å². The zero-order valence-corrected chi connectivity index (χ0v) is 18.9. The largest absolute Gasteiger partial charge is 0.497 e. The molecule has 0 aliphatic carbocycles. The molecule has 2 rings (SSSR count). The van der Waals surface area contributed by atoms with Gasteiger partial charge in [0.05, 0.1) is 25.2 Å². The molecule has 0 fully saturated rings. The fraction of sp³-hybridized carbons (Fsp3) is 0.409. The number of nitrogens with zero attached hydrogens (tertiary/aromatic N) is 1. The number of hydrogen-bond donors (Lipinski definition) is 1. The van der Waals surface area contributed by atoms with E-state index in [1.54, 1.807) is 31.2 Å². The molecule has 0 saturated heterocycles. The highest BCUT2D eigenvalue weighted by Crippen LogP contribution is 2.25. The summed E-state index contributed by atoms with van der Waals surface area (Å²) in [6, 6.07) is 13.2. The van der Waals surface area contributed by atoms with Crippen molar-refractivity contribution in [2.75, 3.05) is 17.7 Å².